The smallest absolute Gasteiger partial charge is 0.105 e. The van der Waals surface area contributed by atoms with Gasteiger partial charge in [0.05, 0.1) is 6.26 Å². The molecule has 1 fully saturated rings. The Balaban J connectivity index is 1.92. The van der Waals surface area contributed by atoms with Crippen LogP contribution in [0.4, 0.5) is 0 Å². The predicted molar refractivity (Wildman–Crippen MR) is 88.0 cm³/mol. The summed E-state index contributed by atoms with van der Waals surface area (Å²) in [5, 5.41) is 0. The molecule has 120 valence electrons. The molecule has 0 amide bonds. The number of hydrogen-bond acceptors (Lipinski definition) is 3. The molecule has 0 aromatic carbocycles. The molecule has 0 radical (unpaired) electrons. The van der Waals surface area contributed by atoms with E-state index in [0.717, 1.165) is 24.8 Å². The Hall–Kier alpha value is -0.800. The molecular formula is C18H32N2O. The van der Waals surface area contributed by atoms with Crippen LogP contribution in [0.3, 0.4) is 0 Å². The molecule has 1 aromatic heterocycles. The molecule has 21 heavy (non-hydrogen) atoms. The van der Waals surface area contributed by atoms with Crippen LogP contribution >= 0.6 is 0 Å². The Bertz CT molecular complexity index is 446. The van der Waals surface area contributed by atoms with Crippen molar-refractivity contribution >= 4 is 0 Å². The van der Waals surface area contributed by atoms with Crippen LogP contribution in [0.1, 0.15) is 51.4 Å². The number of rotatable bonds is 4. The third-order valence-corrected chi connectivity index (χ3v) is 5.22. The topological polar surface area (TPSA) is 42.4 Å². The maximum absolute atomic E-state index is 6.39. The van der Waals surface area contributed by atoms with Gasteiger partial charge in [-0.25, -0.2) is 0 Å². The van der Waals surface area contributed by atoms with Crippen molar-refractivity contribution in [1.82, 2.24) is 4.90 Å². The molecule has 1 aliphatic rings. The van der Waals surface area contributed by atoms with Crippen molar-refractivity contribution in [2.75, 3.05) is 13.6 Å². The number of nitrogens with two attached hydrogens (primary N) is 1. The Morgan fingerprint density at radius 3 is 2.62 bits per heavy atom. The molecule has 0 aliphatic heterocycles. The molecular weight excluding hydrogens is 260 g/mol. The van der Waals surface area contributed by atoms with Gasteiger partial charge in [0.2, 0.25) is 0 Å². The van der Waals surface area contributed by atoms with Crippen molar-refractivity contribution in [3.05, 3.63) is 23.7 Å². The van der Waals surface area contributed by atoms with Crippen molar-refractivity contribution < 1.29 is 4.42 Å². The zero-order chi connectivity index (χ0) is 15.6. The second-order valence-electron chi connectivity index (χ2n) is 8.00. The summed E-state index contributed by atoms with van der Waals surface area (Å²) in [6.45, 7) is 11.2. The monoisotopic (exact) mass is 292 g/mol. The normalized spacial score (nSPS) is 27.3. The fraction of sp³-hybridized carbons (Fsp3) is 0.778. The Morgan fingerprint density at radius 2 is 2.05 bits per heavy atom. The van der Waals surface area contributed by atoms with E-state index in [2.05, 4.69) is 38.8 Å². The van der Waals surface area contributed by atoms with Gasteiger partial charge in [-0.3, -0.25) is 0 Å². The van der Waals surface area contributed by atoms with Gasteiger partial charge in [-0.15, -0.1) is 0 Å². The lowest BCUT2D eigenvalue weighted by molar-refractivity contribution is 0.104. The highest BCUT2D eigenvalue weighted by Gasteiger charge is 2.34. The molecule has 2 N–H and O–H groups in total. The average Bonchev–Trinajstić information content (AvgIpc) is 2.76. The maximum Gasteiger partial charge on any atom is 0.105 e. The van der Waals surface area contributed by atoms with E-state index in [-0.39, 0.29) is 0 Å². The first-order chi connectivity index (χ1) is 9.77. The van der Waals surface area contributed by atoms with E-state index in [1.165, 1.54) is 24.8 Å². The lowest BCUT2D eigenvalue weighted by Gasteiger charge is -2.41. The van der Waals surface area contributed by atoms with Crippen LogP contribution in [0.15, 0.2) is 16.7 Å². The maximum atomic E-state index is 6.39. The fourth-order valence-corrected chi connectivity index (χ4v) is 3.61. The van der Waals surface area contributed by atoms with E-state index in [1.807, 2.05) is 6.92 Å². The van der Waals surface area contributed by atoms with Gasteiger partial charge < -0.3 is 15.1 Å². The van der Waals surface area contributed by atoms with E-state index < -0.39 is 0 Å². The molecule has 1 saturated carbocycles. The van der Waals surface area contributed by atoms with Crippen LogP contribution in [0.25, 0.3) is 0 Å². The largest absolute Gasteiger partial charge is 0.469 e. The molecule has 0 spiro atoms. The molecule has 1 aliphatic carbocycles. The molecule has 1 aromatic rings. The zero-order valence-corrected chi connectivity index (χ0v) is 14.4. The first kappa shape index (κ1) is 16.6. The standard InChI is InChI=1S/C18H32N2O/c1-13-14(8-9-21-13)11-20(5)12-15-10-16(18(2,3)4)6-7-17(15)19/h8-9,15-17H,6-7,10-12,19H2,1-5H3. The predicted octanol–water partition coefficient (Wildman–Crippen LogP) is 3.81. The van der Waals surface area contributed by atoms with E-state index in [9.17, 15) is 0 Å². The first-order valence-corrected chi connectivity index (χ1v) is 8.24. The third kappa shape index (κ3) is 4.33. The Labute approximate surface area is 129 Å². The molecule has 3 heteroatoms. The van der Waals surface area contributed by atoms with E-state index in [1.54, 1.807) is 6.26 Å². The molecule has 0 saturated heterocycles. The number of nitrogens with zero attached hydrogens (tertiary/aromatic N) is 1. The van der Waals surface area contributed by atoms with Gasteiger partial charge in [-0.2, -0.15) is 0 Å². The average molecular weight is 292 g/mol. The summed E-state index contributed by atoms with van der Waals surface area (Å²) in [5.74, 6) is 2.44. The quantitative estimate of drug-likeness (QED) is 0.917. The van der Waals surface area contributed by atoms with Gasteiger partial charge in [0, 0.05) is 24.7 Å². The fourth-order valence-electron chi connectivity index (χ4n) is 3.61. The summed E-state index contributed by atoms with van der Waals surface area (Å²) in [4.78, 5) is 2.40. The number of furan rings is 1. The van der Waals surface area contributed by atoms with Crippen LogP contribution in [-0.4, -0.2) is 24.5 Å². The van der Waals surface area contributed by atoms with Crippen LogP contribution in [-0.2, 0) is 6.54 Å². The first-order valence-electron chi connectivity index (χ1n) is 8.24. The summed E-state index contributed by atoms with van der Waals surface area (Å²) in [6.07, 6.45) is 5.50. The van der Waals surface area contributed by atoms with Crippen LogP contribution in [0, 0.1) is 24.2 Å². The highest BCUT2D eigenvalue weighted by molar-refractivity contribution is 5.15. The second kappa shape index (κ2) is 6.53. The lowest BCUT2D eigenvalue weighted by atomic mass is 9.67. The summed E-state index contributed by atoms with van der Waals surface area (Å²) in [7, 11) is 2.19. The summed E-state index contributed by atoms with van der Waals surface area (Å²) in [5.41, 5.74) is 8.08. The minimum atomic E-state index is 0.358. The van der Waals surface area contributed by atoms with Gasteiger partial charge in [0.1, 0.15) is 5.76 Å². The highest BCUT2D eigenvalue weighted by Crippen LogP contribution is 2.40. The van der Waals surface area contributed by atoms with Gasteiger partial charge in [0.15, 0.2) is 0 Å². The van der Waals surface area contributed by atoms with Crippen LogP contribution < -0.4 is 5.73 Å². The van der Waals surface area contributed by atoms with Gasteiger partial charge >= 0.3 is 0 Å². The van der Waals surface area contributed by atoms with Crippen LogP contribution in [0.5, 0.6) is 0 Å². The van der Waals surface area contributed by atoms with E-state index >= 15 is 0 Å². The van der Waals surface area contributed by atoms with E-state index in [0.29, 0.717) is 17.4 Å². The number of hydrogen-bond donors (Lipinski definition) is 1. The van der Waals surface area contributed by atoms with E-state index in [4.69, 9.17) is 10.2 Å². The second-order valence-corrected chi connectivity index (χ2v) is 8.00. The number of aryl methyl sites for hydroxylation is 1. The highest BCUT2D eigenvalue weighted by atomic mass is 16.3. The molecule has 3 unspecified atom stereocenters. The van der Waals surface area contributed by atoms with Gasteiger partial charge in [0.25, 0.3) is 0 Å². The summed E-state index contributed by atoms with van der Waals surface area (Å²) >= 11 is 0. The molecule has 1 heterocycles. The van der Waals surface area contributed by atoms with Crippen molar-refractivity contribution in [3.8, 4) is 0 Å². The molecule has 0 bridgehead atoms. The van der Waals surface area contributed by atoms with Crippen molar-refractivity contribution in [2.24, 2.45) is 23.0 Å². The Morgan fingerprint density at radius 1 is 1.33 bits per heavy atom. The van der Waals surface area contributed by atoms with Crippen molar-refractivity contribution in [3.63, 3.8) is 0 Å². The summed E-state index contributed by atoms with van der Waals surface area (Å²) < 4.78 is 5.39. The minimum absolute atomic E-state index is 0.358. The SMILES string of the molecule is Cc1occc1CN(C)CC1CC(C(C)(C)C)CCC1N. The third-order valence-electron chi connectivity index (χ3n) is 5.22. The summed E-state index contributed by atoms with van der Waals surface area (Å²) in [6, 6.07) is 2.43. The van der Waals surface area contributed by atoms with Crippen LogP contribution in [0.2, 0.25) is 0 Å². The van der Waals surface area contributed by atoms with Gasteiger partial charge in [-0.1, -0.05) is 20.8 Å². The zero-order valence-electron chi connectivity index (χ0n) is 14.4. The van der Waals surface area contributed by atoms with Gasteiger partial charge in [-0.05, 0) is 56.6 Å². The van der Waals surface area contributed by atoms with Crippen molar-refractivity contribution in [1.29, 1.82) is 0 Å². The Kier molecular flexibility index (Phi) is 5.15. The molecule has 3 nitrogen and oxygen atoms in total. The molecule has 2 rings (SSSR count). The molecule has 3 atom stereocenters. The lowest BCUT2D eigenvalue weighted by Crippen LogP contribution is -2.44. The minimum Gasteiger partial charge on any atom is -0.469 e. The van der Waals surface area contributed by atoms with Crippen molar-refractivity contribution in [2.45, 2.75) is 59.5 Å².